The molecule has 136 valence electrons. The Morgan fingerprint density at radius 2 is 0.826 bits per heavy atom. The van der Waals surface area contributed by atoms with Crippen LogP contribution in [0.5, 0.6) is 0 Å². The summed E-state index contributed by atoms with van der Waals surface area (Å²) >= 11 is 0. The molecule has 0 aromatic carbocycles. The maximum absolute atomic E-state index is 11.9. The van der Waals surface area contributed by atoms with Crippen LogP contribution in [-0.2, 0) is 4.79 Å². The van der Waals surface area contributed by atoms with Crippen molar-refractivity contribution in [3.8, 4) is 0 Å². The molecular formula is C21H40O2. The number of rotatable bonds is 0. The van der Waals surface area contributed by atoms with Gasteiger partial charge in [0.2, 0.25) is 0 Å². The van der Waals surface area contributed by atoms with Gasteiger partial charge in [0, 0.05) is 6.42 Å². The number of aliphatic hydroxyl groups is 1. The molecule has 1 N–H and O–H groups in total. The van der Waals surface area contributed by atoms with E-state index >= 15 is 0 Å². The lowest BCUT2D eigenvalue weighted by molar-refractivity contribution is -0.127. The molecule has 0 aromatic rings. The summed E-state index contributed by atoms with van der Waals surface area (Å²) in [4.78, 5) is 11.9. The SMILES string of the molecule is O=C1CCCCCCCCCCCCCCCCCCCC1O. The van der Waals surface area contributed by atoms with Crippen LogP contribution in [-0.4, -0.2) is 17.0 Å². The summed E-state index contributed by atoms with van der Waals surface area (Å²) in [6.45, 7) is 0. The Morgan fingerprint density at radius 1 is 0.522 bits per heavy atom. The normalized spacial score (nSPS) is 26.3. The van der Waals surface area contributed by atoms with Crippen molar-refractivity contribution in [2.45, 2.75) is 128 Å². The van der Waals surface area contributed by atoms with Crippen LogP contribution in [0.15, 0.2) is 0 Å². The van der Waals surface area contributed by atoms with Crippen molar-refractivity contribution in [2.24, 2.45) is 0 Å². The van der Waals surface area contributed by atoms with E-state index in [9.17, 15) is 9.90 Å². The van der Waals surface area contributed by atoms with Gasteiger partial charge in [-0.1, -0.05) is 103 Å². The minimum Gasteiger partial charge on any atom is -0.385 e. The van der Waals surface area contributed by atoms with Gasteiger partial charge in [-0.3, -0.25) is 4.79 Å². The summed E-state index contributed by atoms with van der Waals surface area (Å²) < 4.78 is 0. The van der Waals surface area contributed by atoms with Crippen molar-refractivity contribution in [1.29, 1.82) is 0 Å². The van der Waals surface area contributed by atoms with Crippen LogP contribution in [0.4, 0.5) is 0 Å². The van der Waals surface area contributed by atoms with Gasteiger partial charge in [-0.15, -0.1) is 0 Å². The molecule has 0 heterocycles. The van der Waals surface area contributed by atoms with E-state index in [1.165, 1.54) is 89.9 Å². The summed E-state index contributed by atoms with van der Waals surface area (Å²) in [5.74, 6) is 0.0795. The molecule has 0 aromatic heterocycles. The Morgan fingerprint density at radius 3 is 1.22 bits per heavy atom. The molecule has 1 aliphatic rings. The Bertz CT molecular complexity index is 275. The van der Waals surface area contributed by atoms with Crippen LogP contribution < -0.4 is 0 Å². The van der Waals surface area contributed by atoms with Gasteiger partial charge in [0.1, 0.15) is 6.10 Å². The molecule has 1 atom stereocenters. The standard InChI is InChI=1S/C21H40O2/c22-20-18-16-14-12-10-8-6-4-2-1-3-5-7-9-11-13-15-17-19-21(20)23/h20,22H,1-19H2. The molecule has 0 spiro atoms. The second-order valence-electron chi connectivity index (χ2n) is 7.53. The lowest BCUT2D eigenvalue weighted by Crippen LogP contribution is -2.19. The van der Waals surface area contributed by atoms with E-state index < -0.39 is 6.10 Å². The van der Waals surface area contributed by atoms with Crippen LogP contribution in [0.1, 0.15) is 122 Å². The molecule has 0 aliphatic heterocycles. The van der Waals surface area contributed by atoms with Gasteiger partial charge in [0.05, 0.1) is 0 Å². The smallest absolute Gasteiger partial charge is 0.161 e. The molecule has 0 bridgehead atoms. The maximum atomic E-state index is 11.9. The summed E-state index contributed by atoms with van der Waals surface area (Å²) in [5, 5.41) is 9.92. The Hall–Kier alpha value is -0.370. The quantitative estimate of drug-likeness (QED) is 0.564. The third kappa shape index (κ3) is 12.7. The number of hydrogen-bond acceptors (Lipinski definition) is 2. The predicted molar refractivity (Wildman–Crippen MR) is 98.7 cm³/mol. The van der Waals surface area contributed by atoms with E-state index in [1.54, 1.807) is 0 Å². The average molecular weight is 325 g/mol. The first-order valence-electron chi connectivity index (χ1n) is 10.5. The fourth-order valence-electron chi connectivity index (χ4n) is 3.62. The van der Waals surface area contributed by atoms with Crippen LogP contribution >= 0.6 is 0 Å². The first kappa shape index (κ1) is 20.7. The Balaban J connectivity index is 2.18. The van der Waals surface area contributed by atoms with Crippen molar-refractivity contribution in [1.82, 2.24) is 0 Å². The molecule has 1 fully saturated rings. The van der Waals surface area contributed by atoms with Crippen LogP contribution in [0.3, 0.4) is 0 Å². The topological polar surface area (TPSA) is 37.3 Å². The zero-order chi connectivity index (χ0) is 16.6. The fraction of sp³-hybridized carbons (Fsp3) is 0.952. The summed E-state index contributed by atoms with van der Waals surface area (Å²) in [6.07, 6.45) is 22.6. The van der Waals surface area contributed by atoms with Crippen molar-refractivity contribution in [3.05, 3.63) is 0 Å². The van der Waals surface area contributed by atoms with Crippen molar-refractivity contribution >= 4 is 5.78 Å². The molecule has 1 saturated carbocycles. The second kappa shape index (κ2) is 15.2. The van der Waals surface area contributed by atoms with Gasteiger partial charge in [0.15, 0.2) is 5.78 Å². The van der Waals surface area contributed by atoms with E-state index in [2.05, 4.69) is 0 Å². The molecule has 1 unspecified atom stereocenters. The van der Waals surface area contributed by atoms with E-state index in [4.69, 9.17) is 0 Å². The van der Waals surface area contributed by atoms with Gasteiger partial charge in [-0.25, -0.2) is 0 Å². The van der Waals surface area contributed by atoms with Gasteiger partial charge in [-0.2, -0.15) is 0 Å². The Labute approximate surface area is 144 Å². The molecule has 1 rings (SSSR count). The van der Waals surface area contributed by atoms with Crippen LogP contribution in [0, 0.1) is 0 Å². The molecule has 23 heavy (non-hydrogen) atoms. The summed E-state index contributed by atoms with van der Waals surface area (Å²) in [7, 11) is 0. The predicted octanol–water partition coefficient (Wildman–Crippen LogP) is 6.34. The highest BCUT2D eigenvalue weighted by molar-refractivity contribution is 5.82. The molecule has 1 aliphatic carbocycles. The summed E-state index contributed by atoms with van der Waals surface area (Å²) in [5.41, 5.74) is 0. The molecular weight excluding hydrogens is 284 g/mol. The number of Topliss-reactive ketones (excluding diaryl/α,β-unsaturated/α-hetero) is 1. The summed E-state index contributed by atoms with van der Waals surface area (Å²) in [6, 6.07) is 0. The number of carbonyl (C=O) groups is 1. The lowest BCUT2D eigenvalue weighted by atomic mass is 10.0. The number of ketones is 1. The lowest BCUT2D eigenvalue weighted by Gasteiger charge is -2.09. The van der Waals surface area contributed by atoms with E-state index in [0.717, 1.165) is 19.3 Å². The number of hydrogen-bond donors (Lipinski definition) is 1. The zero-order valence-corrected chi connectivity index (χ0v) is 15.4. The van der Waals surface area contributed by atoms with E-state index in [1.807, 2.05) is 0 Å². The fourth-order valence-corrected chi connectivity index (χ4v) is 3.62. The van der Waals surface area contributed by atoms with Gasteiger partial charge < -0.3 is 5.11 Å². The maximum Gasteiger partial charge on any atom is 0.161 e. The molecule has 2 nitrogen and oxygen atoms in total. The average Bonchev–Trinajstić information content (AvgIpc) is 2.55. The minimum absolute atomic E-state index is 0.0795. The highest BCUT2D eigenvalue weighted by Crippen LogP contribution is 2.16. The zero-order valence-electron chi connectivity index (χ0n) is 15.4. The first-order valence-corrected chi connectivity index (χ1v) is 10.5. The molecule has 0 radical (unpaired) electrons. The van der Waals surface area contributed by atoms with Crippen LogP contribution in [0.25, 0.3) is 0 Å². The van der Waals surface area contributed by atoms with E-state index in [0.29, 0.717) is 12.8 Å². The monoisotopic (exact) mass is 324 g/mol. The highest BCUT2D eigenvalue weighted by atomic mass is 16.3. The first-order chi connectivity index (χ1) is 11.3. The second-order valence-corrected chi connectivity index (χ2v) is 7.53. The third-order valence-corrected chi connectivity index (χ3v) is 5.27. The van der Waals surface area contributed by atoms with Crippen LogP contribution in [0.2, 0.25) is 0 Å². The number of aliphatic hydroxyl groups excluding tert-OH is 1. The van der Waals surface area contributed by atoms with Crippen molar-refractivity contribution in [2.75, 3.05) is 0 Å². The van der Waals surface area contributed by atoms with Crippen molar-refractivity contribution in [3.63, 3.8) is 0 Å². The molecule has 2 heteroatoms. The minimum atomic E-state index is -0.691. The van der Waals surface area contributed by atoms with Gasteiger partial charge in [-0.05, 0) is 12.8 Å². The highest BCUT2D eigenvalue weighted by Gasteiger charge is 2.13. The Kier molecular flexibility index (Phi) is 13.6. The molecule has 0 amide bonds. The number of carbonyl (C=O) groups excluding carboxylic acids is 1. The largest absolute Gasteiger partial charge is 0.385 e. The van der Waals surface area contributed by atoms with E-state index in [-0.39, 0.29) is 5.78 Å². The molecule has 0 saturated heterocycles. The van der Waals surface area contributed by atoms with Crippen molar-refractivity contribution < 1.29 is 9.90 Å². The van der Waals surface area contributed by atoms with Gasteiger partial charge >= 0.3 is 0 Å². The third-order valence-electron chi connectivity index (χ3n) is 5.27. The van der Waals surface area contributed by atoms with Gasteiger partial charge in [0.25, 0.3) is 0 Å².